The molecule has 1 unspecified atom stereocenters. The molecule has 1 atom stereocenters. The molecule has 0 spiro atoms. The molecule has 0 bridgehead atoms. The second kappa shape index (κ2) is 8.05. The molecule has 0 aromatic heterocycles. The van der Waals surface area contributed by atoms with E-state index >= 15 is 0 Å². The number of carboxylic acid groups (broad SMARTS) is 1. The maximum atomic E-state index is 11.6. The summed E-state index contributed by atoms with van der Waals surface area (Å²) in [7, 11) is 0. The van der Waals surface area contributed by atoms with Crippen LogP contribution >= 0.6 is 0 Å². The molecule has 1 saturated heterocycles. The molecule has 0 saturated carbocycles. The number of aliphatic carboxylic acids is 1. The number of hydrogen-bond acceptors (Lipinski definition) is 4. The Balaban J connectivity index is 2.24. The predicted octanol–water partition coefficient (Wildman–Crippen LogP) is -0.282. The van der Waals surface area contributed by atoms with Gasteiger partial charge in [0.2, 0.25) is 5.91 Å². The molecule has 1 aliphatic heterocycles. The van der Waals surface area contributed by atoms with E-state index in [1.165, 1.54) is 0 Å². The predicted molar refractivity (Wildman–Crippen MR) is 66.1 cm³/mol. The molecule has 1 fully saturated rings. The number of piperidine rings is 1. The molecule has 6 nitrogen and oxygen atoms in total. The molecule has 0 aromatic rings. The Bertz CT molecular complexity index is 277. The van der Waals surface area contributed by atoms with Gasteiger partial charge in [0.25, 0.3) is 0 Å². The number of carbonyl (C=O) groups is 2. The SMILES string of the molecule is O=C(CCC1CCNCC1)NC(CCO)C(=O)O. The minimum absolute atomic E-state index is 0.0500. The second-order valence-electron chi connectivity index (χ2n) is 4.70. The van der Waals surface area contributed by atoms with Crippen LogP contribution in [0, 0.1) is 5.92 Å². The fourth-order valence-electron chi connectivity index (χ4n) is 2.16. The Hall–Kier alpha value is -1.14. The van der Waals surface area contributed by atoms with E-state index in [1.54, 1.807) is 0 Å². The van der Waals surface area contributed by atoms with Gasteiger partial charge in [-0.05, 0) is 38.3 Å². The van der Waals surface area contributed by atoms with E-state index in [-0.39, 0.29) is 18.9 Å². The normalized spacial score (nSPS) is 18.3. The summed E-state index contributed by atoms with van der Waals surface area (Å²) in [6.07, 6.45) is 3.37. The van der Waals surface area contributed by atoms with E-state index in [4.69, 9.17) is 10.2 Å². The molecule has 0 aliphatic carbocycles. The van der Waals surface area contributed by atoms with Crippen LogP contribution in [0.3, 0.4) is 0 Å². The number of aliphatic hydroxyl groups is 1. The number of rotatable bonds is 7. The minimum atomic E-state index is -1.10. The molecule has 1 aliphatic rings. The van der Waals surface area contributed by atoms with E-state index < -0.39 is 12.0 Å². The highest BCUT2D eigenvalue weighted by Gasteiger charge is 2.20. The highest BCUT2D eigenvalue weighted by Crippen LogP contribution is 2.17. The topological polar surface area (TPSA) is 98.7 Å². The van der Waals surface area contributed by atoms with Gasteiger partial charge in [0.05, 0.1) is 0 Å². The molecule has 1 amide bonds. The first-order valence-electron chi connectivity index (χ1n) is 6.47. The quantitative estimate of drug-likeness (QED) is 0.503. The zero-order valence-electron chi connectivity index (χ0n) is 10.5. The monoisotopic (exact) mass is 258 g/mol. The Morgan fingerprint density at radius 2 is 2.00 bits per heavy atom. The molecular formula is C12H22N2O4. The lowest BCUT2D eigenvalue weighted by Gasteiger charge is -2.22. The van der Waals surface area contributed by atoms with Crippen molar-refractivity contribution >= 4 is 11.9 Å². The number of nitrogens with one attached hydrogen (secondary N) is 2. The number of carboxylic acids is 1. The van der Waals surface area contributed by atoms with E-state index in [9.17, 15) is 9.59 Å². The van der Waals surface area contributed by atoms with Gasteiger partial charge in [-0.25, -0.2) is 4.79 Å². The van der Waals surface area contributed by atoms with Crippen molar-refractivity contribution in [2.24, 2.45) is 5.92 Å². The van der Waals surface area contributed by atoms with Gasteiger partial charge in [0.1, 0.15) is 6.04 Å². The van der Waals surface area contributed by atoms with E-state index in [1.807, 2.05) is 0 Å². The smallest absolute Gasteiger partial charge is 0.326 e. The molecule has 18 heavy (non-hydrogen) atoms. The zero-order valence-corrected chi connectivity index (χ0v) is 10.5. The third-order valence-electron chi connectivity index (χ3n) is 3.29. The first-order valence-corrected chi connectivity index (χ1v) is 6.47. The lowest BCUT2D eigenvalue weighted by Crippen LogP contribution is -2.41. The van der Waals surface area contributed by atoms with Crippen molar-refractivity contribution in [1.29, 1.82) is 0 Å². The van der Waals surface area contributed by atoms with Crippen molar-refractivity contribution in [3.05, 3.63) is 0 Å². The van der Waals surface area contributed by atoms with Crippen molar-refractivity contribution in [3.63, 3.8) is 0 Å². The van der Waals surface area contributed by atoms with Crippen LogP contribution in [0.5, 0.6) is 0 Å². The molecule has 0 radical (unpaired) electrons. The van der Waals surface area contributed by atoms with Gasteiger partial charge in [-0.2, -0.15) is 0 Å². The van der Waals surface area contributed by atoms with Gasteiger partial charge < -0.3 is 20.8 Å². The third kappa shape index (κ3) is 5.46. The molecule has 104 valence electrons. The molecular weight excluding hydrogens is 236 g/mol. The second-order valence-corrected chi connectivity index (χ2v) is 4.70. The average Bonchev–Trinajstić information content (AvgIpc) is 2.37. The Kier molecular flexibility index (Phi) is 6.67. The van der Waals surface area contributed by atoms with Crippen LogP contribution in [0.15, 0.2) is 0 Å². The molecule has 0 aromatic carbocycles. The maximum Gasteiger partial charge on any atom is 0.326 e. The number of carbonyl (C=O) groups excluding carboxylic acids is 1. The zero-order chi connectivity index (χ0) is 13.4. The lowest BCUT2D eigenvalue weighted by atomic mass is 9.93. The standard InChI is InChI=1S/C12H22N2O4/c15-8-5-10(12(17)18)14-11(16)2-1-9-3-6-13-7-4-9/h9-10,13,15H,1-8H2,(H,14,16)(H,17,18). The minimum Gasteiger partial charge on any atom is -0.480 e. The first kappa shape index (κ1) is 14.9. The van der Waals surface area contributed by atoms with Crippen LogP contribution in [0.2, 0.25) is 0 Å². The summed E-state index contributed by atoms with van der Waals surface area (Å²) in [5, 5.41) is 23.2. The van der Waals surface area contributed by atoms with Crippen molar-refractivity contribution in [1.82, 2.24) is 10.6 Å². The van der Waals surface area contributed by atoms with Crippen LogP contribution in [0.25, 0.3) is 0 Å². The molecule has 1 rings (SSSR count). The summed E-state index contributed by atoms with van der Waals surface area (Å²) in [5.41, 5.74) is 0. The summed E-state index contributed by atoms with van der Waals surface area (Å²) >= 11 is 0. The van der Waals surface area contributed by atoms with Crippen LogP contribution in [0.1, 0.15) is 32.1 Å². The van der Waals surface area contributed by atoms with Gasteiger partial charge in [-0.1, -0.05) is 0 Å². The van der Waals surface area contributed by atoms with Gasteiger partial charge in [-0.15, -0.1) is 0 Å². The highest BCUT2D eigenvalue weighted by molar-refractivity contribution is 5.83. The number of aliphatic hydroxyl groups excluding tert-OH is 1. The summed E-state index contributed by atoms with van der Waals surface area (Å²) in [5.74, 6) is -0.785. The summed E-state index contributed by atoms with van der Waals surface area (Å²) in [4.78, 5) is 22.4. The van der Waals surface area contributed by atoms with Gasteiger partial charge in [0.15, 0.2) is 0 Å². The Labute approximate surface area is 107 Å². The fourth-order valence-corrected chi connectivity index (χ4v) is 2.16. The van der Waals surface area contributed by atoms with Crippen LogP contribution < -0.4 is 10.6 Å². The van der Waals surface area contributed by atoms with Crippen molar-refractivity contribution in [2.45, 2.75) is 38.1 Å². The van der Waals surface area contributed by atoms with Gasteiger partial charge in [0, 0.05) is 19.4 Å². The maximum absolute atomic E-state index is 11.6. The first-order chi connectivity index (χ1) is 8.63. The van der Waals surface area contributed by atoms with Crippen LogP contribution in [-0.4, -0.2) is 47.8 Å². The summed E-state index contributed by atoms with van der Waals surface area (Å²) in [6, 6.07) is -0.976. The van der Waals surface area contributed by atoms with E-state index in [0.717, 1.165) is 32.4 Å². The van der Waals surface area contributed by atoms with Crippen molar-refractivity contribution < 1.29 is 19.8 Å². The summed E-state index contributed by atoms with van der Waals surface area (Å²) < 4.78 is 0. The Morgan fingerprint density at radius 3 is 2.56 bits per heavy atom. The van der Waals surface area contributed by atoms with E-state index in [2.05, 4.69) is 10.6 Å². The number of hydrogen-bond donors (Lipinski definition) is 4. The van der Waals surface area contributed by atoms with Gasteiger partial charge in [-0.3, -0.25) is 4.79 Å². The largest absolute Gasteiger partial charge is 0.480 e. The van der Waals surface area contributed by atoms with Crippen LogP contribution in [0.4, 0.5) is 0 Å². The molecule has 6 heteroatoms. The number of amides is 1. The van der Waals surface area contributed by atoms with Crippen molar-refractivity contribution in [3.8, 4) is 0 Å². The third-order valence-corrected chi connectivity index (χ3v) is 3.29. The lowest BCUT2D eigenvalue weighted by molar-refractivity contribution is -0.142. The van der Waals surface area contributed by atoms with E-state index in [0.29, 0.717) is 12.3 Å². The fraction of sp³-hybridized carbons (Fsp3) is 0.833. The summed E-state index contributed by atoms with van der Waals surface area (Å²) in [6.45, 7) is 1.74. The molecule has 1 heterocycles. The van der Waals surface area contributed by atoms with Crippen LogP contribution in [-0.2, 0) is 9.59 Å². The average molecular weight is 258 g/mol. The van der Waals surface area contributed by atoms with Gasteiger partial charge >= 0.3 is 5.97 Å². The van der Waals surface area contributed by atoms with Crippen molar-refractivity contribution in [2.75, 3.05) is 19.7 Å². The highest BCUT2D eigenvalue weighted by atomic mass is 16.4. The Morgan fingerprint density at radius 1 is 1.33 bits per heavy atom. The molecule has 4 N–H and O–H groups in total.